The molecule has 2 heteroatoms. The van der Waals surface area contributed by atoms with Crippen LogP contribution in [0, 0.1) is 0 Å². The molecule has 1 aromatic carbocycles. The molecule has 0 saturated carbocycles. The molecule has 0 aliphatic carbocycles. The van der Waals surface area contributed by atoms with Gasteiger partial charge in [-0.2, -0.15) is 0 Å². The topological polar surface area (TPSA) is 15.3 Å². The van der Waals surface area contributed by atoms with E-state index in [0.717, 1.165) is 6.04 Å². The van der Waals surface area contributed by atoms with E-state index in [0.29, 0.717) is 0 Å². The average Bonchev–Trinajstić information content (AvgIpc) is 2.16. The van der Waals surface area contributed by atoms with E-state index in [9.17, 15) is 0 Å². The van der Waals surface area contributed by atoms with Crippen LogP contribution in [0.2, 0.25) is 0 Å². The zero-order valence-corrected chi connectivity index (χ0v) is 9.66. The number of hydrogen-bond donors (Lipinski definition) is 1. The molecule has 0 bridgehead atoms. The van der Waals surface area contributed by atoms with E-state index in [4.69, 9.17) is 0 Å². The highest BCUT2D eigenvalue weighted by molar-refractivity contribution is 5.45. The van der Waals surface area contributed by atoms with Crippen LogP contribution in [0.15, 0.2) is 24.3 Å². The Kier molecular flexibility index (Phi) is 3.27. The van der Waals surface area contributed by atoms with Gasteiger partial charge in [0.1, 0.15) is 0 Å². The number of hydrogen-bond acceptors (Lipinski definition) is 2. The SMILES string of the molecule is CN(C)c1ccc(CCC2CCN2)cc1. The van der Waals surface area contributed by atoms with Gasteiger partial charge >= 0.3 is 0 Å². The lowest BCUT2D eigenvalue weighted by atomic mass is 9.98. The molecule has 1 aromatic rings. The number of rotatable bonds is 4. The second-order valence-corrected chi connectivity index (χ2v) is 4.54. The summed E-state index contributed by atoms with van der Waals surface area (Å²) in [6, 6.07) is 9.66. The van der Waals surface area contributed by atoms with E-state index in [2.05, 4.69) is 48.6 Å². The zero-order valence-electron chi connectivity index (χ0n) is 9.66. The van der Waals surface area contributed by atoms with E-state index in [1.807, 2.05) is 0 Å². The minimum atomic E-state index is 0.776. The highest BCUT2D eigenvalue weighted by atomic mass is 15.1. The molecule has 1 unspecified atom stereocenters. The van der Waals surface area contributed by atoms with Crippen molar-refractivity contribution in [1.29, 1.82) is 0 Å². The monoisotopic (exact) mass is 204 g/mol. The fourth-order valence-corrected chi connectivity index (χ4v) is 1.90. The lowest BCUT2D eigenvalue weighted by Crippen LogP contribution is -2.42. The number of nitrogens with zero attached hydrogens (tertiary/aromatic N) is 1. The minimum Gasteiger partial charge on any atom is -0.378 e. The predicted molar refractivity (Wildman–Crippen MR) is 65.5 cm³/mol. The van der Waals surface area contributed by atoms with Crippen LogP contribution in [0.4, 0.5) is 5.69 Å². The maximum Gasteiger partial charge on any atom is 0.0361 e. The number of benzene rings is 1. The first-order chi connectivity index (χ1) is 7.25. The average molecular weight is 204 g/mol. The Hall–Kier alpha value is -1.02. The summed E-state index contributed by atoms with van der Waals surface area (Å²) in [5.74, 6) is 0. The Morgan fingerprint density at radius 3 is 2.40 bits per heavy atom. The maximum absolute atomic E-state index is 3.44. The van der Waals surface area contributed by atoms with Crippen molar-refractivity contribution in [2.75, 3.05) is 25.5 Å². The maximum atomic E-state index is 3.44. The van der Waals surface area contributed by atoms with Crippen LogP contribution in [-0.2, 0) is 6.42 Å². The Bertz CT molecular complexity index is 299. The highest BCUT2D eigenvalue weighted by Crippen LogP contribution is 2.15. The molecule has 1 fully saturated rings. The second kappa shape index (κ2) is 4.67. The van der Waals surface area contributed by atoms with E-state index in [-0.39, 0.29) is 0 Å². The van der Waals surface area contributed by atoms with Gasteiger partial charge in [-0.05, 0) is 43.5 Å². The Labute approximate surface area is 92.3 Å². The molecule has 1 atom stereocenters. The molecule has 0 radical (unpaired) electrons. The summed E-state index contributed by atoms with van der Waals surface area (Å²) in [7, 11) is 4.15. The smallest absolute Gasteiger partial charge is 0.0361 e. The Morgan fingerprint density at radius 1 is 1.27 bits per heavy atom. The molecule has 15 heavy (non-hydrogen) atoms. The summed E-state index contributed by atoms with van der Waals surface area (Å²) in [4.78, 5) is 2.14. The molecule has 0 amide bonds. The first kappa shape index (κ1) is 10.5. The molecule has 0 aromatic heterocycles. The van der Waals surface area contributed by atoms with Crippen LogP contribution < -0.4 is 10.2 Å². The number of anilines is 1. The van der Waals surface area contributed by atoms with Gasteiger partial charge < -0.3 is 10.2 Å². The number of aryl methyl sites for hydroxylation is 1. The third kappa shape index (κ3) is 2.72. The second-order valence-electron chi connectivity index (χ2n) is 4.54. The largest absolute Gasteiger partial charge is 0.378 e. The quantitative estimate of drug-likeness (QED) is 0.807. The Morgan fingerprint density at radius 2 is 1.93 bits per heavy atom. The Balaban J connectivity index is 1.86. The molecular weight excluding hydrogens is 184 g/mol. The predicted octanol–water partition coefficient (Wildman–Crippen LogP) is 2.05. The molecule has 1 saturated heterocycles. The molecule has 1 aliphatic rings. The van der Waals surface area contributed by atoms with Crippen molar-refractivity contribution in [3.63, 3.8) is 0 Å². The summed E-state index contributed by atoms with van der Waals surface area (Å²) in [5, 5.41) is 3.44. The summed E-state index contributed by atoms with van der Waals surface area (Å²) < 4.78 is 0. The van der Waals surface area contributed by atoms with E-state index in [1.165, 1.54) is 37.1 Å². The van der Waals surface area contributed by atoms with Gasteiger partial charge in [0.25, 0.3) is 0 Å². The van der Waals surface area contributed by atoms with E-state index in [1.54, 1.807) is 0 Å². The lowest BCUT2D eigenvalue weighted by molar-refractivity contribution is 0.351. The standard InChI is InChI=1S/C13H20N2/c1-15(2)13-7-4-11(5-8-13)3-6-12-9-10-14-12/h4-5,7-8,12,14H,3,6,9-10H2,1-2H3. The van der Waals surface area contributed by atoms with Crippen molar-refractivity contribution in [3.8, 4) is 0 Å². The first-order valence-corrected chi connectivity index (χ1v) is 5.75. The van der Waals surface area contributed by atoms with Crippen molar-refractivity contribution in [1.82, 2.24) is 5.32 Å². The molecular formula is C13H20N2. The van der Waals surface area contributed by atoms with Crippen molar-refractivity contribution in [2.45, 2.75) is 25.3 Å². The lowest BCUT2D eigenvalue weighted by Gasteiger charge is -2.27. The van der Waals surface area contributed by atoms with E-state index >= 15 is 0 Å². The van der Waals surface area contributed by atoms with Crippen LogP contribution >= 0.6 is 0 Å². The van der Waals surface area contributed by atoms with Crippen LogP contribution in [-0.4, -0.2) is 26.7 Å². The molecule has 1 heterocycles. The van der Waals surface area contributed by atoms with Gasteiger partial charge in [-0.1, -0.05) is 12.1 Å². The zero-order chi connectivity index (χ0) is 10.7. The number of nitrogens with one attached hydrogen (secondary N) is 1. The fourth-order valence-electron chi connectivity index (χ4n) is 1.90. The van der Waals surface area contributed by atoms with Gasteiger partial charge in [0.15, 0.2) is 0 Å². The normalized spacial score (nSPS) is 19.7. The molecule has 1 aliphatic heterocycles. The van der Waals surface area contributed by atoms with E-state index < -0.39 is 0 Å². The first-order valence-electron chi connectivity index (χ1n) is 5.75. The molecule has 1 N–H and O–H groups in total. The van der Waals surface area contributed by atoms with Gasteiger partial charge in [0.2, 0.25) is 0 Å². The van der Waals surface area contributed by atoms with Crippen LogP contribution in [0.3, 0.4) is 0 Å². The van der Waals surface area contributed by atoms with Gasteiger partial charge in [0, 0.05) is 25.8 Å². The van der Waals surface area contributed by atoms with Crippen molar-refractivity contribution in [2.24, 2.45) is 0 Å². The summed E-state index contributed by atoms with van der Waals surface area (Å²) in [6.45, 7) is 1.21. The summed E-state index contributed by atoms with van der Waals surface area (Å²) in [6.07, 6.45) is 3.84. The van der Waals surface area contributed by atoms with Gasteiger partial charge in [-0.3, -0.25) is 0 Å². The van der Waals surface area contributed by atoms with Crippen LogP contribution in [0.1, 0.15) is 18.4 Å². The third-order valence-electron chi connectivity index (χ3n) is 3.16. The summed E-state index contributed by atoms with van der Waals surface area (Å²) in [5.41, 5.74) is 2.73. The molecule has 2 nitrogen and oxygen atoms in total. The van der Waals surface area contributed by atoms with Gasteiger partial charge in [-0.25, -0.2) is 0 Å². The van der Waals surface area contributed by atoms with Gasteiger partial charge in [-0.15, -0.1) is 0 Å². The molecule has 2 rings (SSSR count). The van der Waals surface area contributed by atoms with Crippen molar-refractivity contribution in [3.05, 3.63) is 29.8 Å². The minimum absolute atomic E-state index is 0.776. The third-order valence-corrected chi connectivity index (χ3v) is 3.16. The fraction of sp³-hybridized carbons (Fsp3) is 0.538. The van der Waals surface area contributed by atoms with Crippen molar-refractivity contribution >= 4 is 5.69 Å². The van der Waals surface area contributed by atoms with Crippen molar-refractivity contribution < 1.29 is 0 Å². The molecule has 82 valence electrons. The van der Waals surface area contributed by atoms with Crippen LogP contribution in [0.25, 0.3) is 0 Å². The molecule has 0 spiro atoms. The summed E-state index contributed by atoms with van der Waals surface area (Å²) >= 11 is 0. The van der Waals surface area contributed by atoms with Crippen LogP contribution in [0.5, 0.6) is 0 Å². The van der Waals surface area contributed by atoms with Gasteiger partial charge in [0.05, 0.1) is 0 Å². The highest BCUT2D eigenvalue weighted by Gasteiger charge is 2.15.